The second kappa shape index (κ2) is 12.8. The Morgan fingerprint density at radius 1 is 0.667 bits per heavy atom. The summed E-state index contributed by atoms with van der Waals surface area (Å²) in [5.74, 6) is 2.09. The quantitative estimate of drug-likeness (QED) is 0.157. The summed E-state index contributed by atoms with van der Waals surface area (Å²) in [6, 6.07) is 48.7. The Morgan fingerprint density at radius 3 is 2.27 bits per heavy atom. The summed E-state index contributed by atoms with van der Waals surface area (Å²) in [7, 11) is 0. The molecule has 0 unspecified atom stereocenters. The molecule has 8 rings (SSSR count). The van der Waals surface area contributed by atoms with Crippen LogP contribution in [0, 0.1) is 18.8 Å². The standard InChI is InChI=1S/C42H33N4O.Pt/c1-42(2,3)32-21-22-43-41(26-32)46-39-18-8-7-17-37(39)38-20-19-36(28-40(38)46)47-35-16-10-15-34(27-35)45-24-23-44(29-45)33-14-9-13-31(25-33)30-11-5-4-6-12-30;/h4-26,29H,1-3H3;/q-3;. The molecule has 0 saturated heterocycles. The van der Waals surface area contributed by atoms with Gasteiger partial charge in [0.2, 0.25) is 0 Å². The number of fused-ring (bicyclic) bond motifs is 3. The molecule has 0 atom stereocenters. The van der Waals surface area contributed by atoms with Crippen molar-refractivity contribution in [3.63, 3.8) is 0 Å². The second-order valence-corrected chi connectivity index (χ2v) is 12.7. The zero-order valence-electron chi connectivity index (χ0n) is 26.9. The van der Waals surface area contributed by atoms with Crippen molar-refractivity contribution >= 4 is 33.2 Å². The zero-order valence-corrected chi connectivity index (χ0v) is 29.1. The molecule has 0 spiro atoms. The third kappa shape index (κ3) is 6.02. The molecule has 5 nitrogen and oxygen atoms in total. The smallest absolute Gasteiger partial charge is 0.135 e. The average molecular weight is 805 g/mol. The van der Waals surface area contributed by atoms with Crippen LogP contribution in [0.25, 0.3) is 38.8 Å². The van der Waals surface area contributed by atoms with Crippen LogP contribution in [0.3, 0.4) is 0 Å². The van der Waals surface area contributed by atoms with Gasteiger partial charge in [-0.25, -0.2) is 4.98 Å². The number of para-hydroxylation sites is 1. The SMILES string of the molecule is CC(C)(C)c1ccnc(-n2c3[c-]c(Oc4[c-]c(N5C=CN(c6cccc(-c7ccccc7)c6)[CH-]5)ccc4)ccc3c3ccccc32)c1.[Pt]. The third-order valence-electron chi connectivity index (χ3n) is 8.54. The first-order valence-corrected chi connectivity index (χ1v) is 15.8. The number of hydrogen-bond donors (Lipinski definition) is 0. The largest absolute Gasteiger partial charge is 0.509 e. The molecule has 0 radical (unpaired) electrons. The Morgan fingerprint density at radius 2 is 1.42 bits per heavy atom. The summed E-state index contributed by atoms with van der Waals surface area (Å²) in [5, 5.41) is 2.25. The van der Waals surface area contributed by atoms with Crippen LogP contribution in [-0.4, -0.2) is 9.55 Å². The van der Waals surface area contributed by atoms with Crippen molar-refractivity contribution in [2.45, 2.75) is 26.2 Å². The molecular formula is C42H33N4OPt-3. The number of ether oxygens (including phenoxy) is 1. The average Bonchev–Trinajstić information content (AvgIpc) is 3.72. The molecule has 5 aromatic carbocycles. The molecule has 6 heteroatoms. The Bertz CT molecular complexity index is 2270. The number of hydrogen-bond acceptors (Lipinski definition) is 4. The van der Waals surface area contributed by atoms with E-state index in [0.717, 1.165) is 39.0 Å². The van der Waals surface area contributed by atoms with Gasteiger partial charge < -0.3 is 19.1 Å². The van der Waals surface area contributed by atoms with Gasteiger partial charge in [0.05, 0.1) is 0 Å². The molecule has 0 bridgehead atoms. The number of nitrogens with zero attached hydrogens (tertiary/aromatic N) is 4. The molecule has 3 heterocycles. The van der Waals surface area contributed by atoms with Crippen LogP contribution in [-0.2, 0) is 26.5 Å². The summed E-state index contributed by atoms with van der Waals surface area (Å²) >= 11 is 0. The van der Waals surface area contributed by atoms with Crippen LogP contribution in [0.5, 0.6) is 11.5 Å². The minimum absolute atomic E-state index is 0. The van der Waals surface area contributed by atoms with E-state index < -0.39 is 0 Å². The Labute approximate surface area is 296 Å². The maximum absolute atomic E-state index is 6.40. The Balaban J connectivity index is 0.00000364. The first kappa shape index (κ1) is 31.5. The van der Waals surface area contributed by atoms with Crippen LogP contribution in [0.15, 0.2) is 140 Å². The van der Waals surface area contributed by atoms with Crippen molar-refractivity contribution in [3.8, 4) is 28.4 Å². The number of aromatic nitrogens is 2. The topological polar surface area (TPSA) is 33.5 Å². The summed E-state index contributed by atoms with van der Waals surface area (Å²) < 4.78 is 8.58. The van der Waals surface area contributed by atoms with Crippen molar-refractivity contribution in [2.75, 3.05) is 9.80 Å². The van der Waals surface area contributed by atoms with Crippen molar-refractivity contribution in [2.24, 2.45) is 0 Å². The molecular weight excluding hydrogens is 772 g/mol. The van der Waals surface area contributed by atoms with E-state index >= 15 is 0 Å². The number of benzene rings is 5. The molecule has 0 fully saturated rings. The summed E-state index contributed by atoms with van der Waals surface area (Å²) in [6.07, 6.45) is 5.97. The molecule has 0 aliphatic carbocycles. The van der Waals surface area contributed by atoms with Crippen molar-refractivity contribution < 1.29 is 25.8 Å². The van der Waals surface area contributed by atoms with Gasteiger partial charge in [-0.1, -0.05) is 87.0 Å². The third-order valence-corrected chi connectivity index (χ3v) is 8.54. The van der Waals surface area contributed by atoms with Gasteiger partial charge in [0, 0.05) is 50.0 Å². The predicted molar refractivity (Wildman–Crippen MR) is 192 cm³/mol. The van der Waals surface area contributed by atoms with E-state index in [2.05, 4.69) is 146 Å². The van der Waals surface area contributed by atoms with Crippen molar-refractivity contribution in [3.05, 3.63) is 164 Å². The fraction of sp³-hybridized carbons (Fsp3) is 0.0952. The van der Waals surface area contributed by atoms with Gasteiger partial charge in [-0.05, 0) is 70.2 Å². The predicted octanol–water partition coefficient (Wildman–Crippen LogP) is 10.5. The summed E-state index contributed by atoms with van der Waals surface area (Å²) in [5.41, 5.74) is 7.55. The summed E-state index contributed by atoms with van der Waals surface area (Å²) in [6.45, 7) is 8.71. The van der Waals surface area contributed by atoms with E-state index in [4.69, 9.17) is 9.72 Å². The first-order valence-electron chi connectivity index (χ1n) is 15.8. The van der Waals surface area contributed by atoms with Gasteiger partial charge in [-0.3, -0.25) is 0 Å². The van der Waals surface area contributed by atoms with Crippen LogP contribution in [0.1, 0.15) is 26.3 Å². The number of anilines is 2. The second-order valence-electron chi connectivity index (χ2n) is 12.7. The number of rotatable bonds is 6. The van der Waals surface area contributed by atoms with E-state index in [0.29, 0.717) is 11.5 Å². The van der Waals surface area contributed by atoms with E-state index in [1.54, 1.807) is 0 Å². The Hall–Kier alpha value is -5.12. The number of pyridine rings is 1. The normalized spacial score (nSPS) is 12.9. The molecule has 1 aliphatic rings. The van der Waals surface area contributed by atoms with Gasteiger partial charge in [-0.15, -0.1) is 48.1 Å². The van der Waals surface area contributed by atoms with E-state index in [1.165, 1.54) is 16.7 Å². The van der Waals surface area contributed by atoms with Gasteiger partial charge in [0.15, 0.2) is 0 Å². The van der Waals surface area contributed by atoms with Gasteiger partial charge in [0.1, 0.15) is 5.82 Å². The van der Waals surface area contributed by atoms with E-state index in [1.807, 2.05) is 47.6 Å². The molecule has 0 amide bonds. The summed E-state index contributed by atoms with van der Waals surface area (Å²) in [4.78, 5) is 8.94. The minimum atomic E-state index is 0. The minimum Gasteiger partial charge on any atom is -0.509 e. The van der Waals surface area contributed by atoms with Crippen LogP contribution in [0.2, 0.25) is 0 Å². The molecule has 48 heavy (non-hydrogen) atoms. The fourth-order valence-corrected chi connectivity index (χ4v) is 6.07. The van der Waals surface area contributed by atoms with Gasteiger partial charge in [0.25, 0.3) is 0 Å². The molecule has 240 valence electrons. The molecule has 2 aromatic heterocycles. The van der Waals surface area contributed by atoms with Crippen LogP contribution < -0.4 is 14.5 Å². The molecule has 7 aromatic rings. The molecule has 0 N–H and O–H groups in total. The van der Waals surface area contributed by atoms with Gasteiger partial charge in [-0.2, -0.15) is 12.1 Å². The van der Waals surface area contributed by atoms with Gasteiger partial charge >= 0.3 is 0 Å². The van der Waals surface area contributed by atoms with Crippen LogP contribution >= 0.6 is 0 Å². The zero-order chi connectivity index (χ0) is 32.0. The fourth-order valence-electron chi connectivity index (χ4n) is 6.07. The molecule has 0 saturated carbocycles. The first-order chi connectivity index (χ1) is 22.9. The van der Waals surface area contributed by atoms with Crippen molar-refractivity contribution in [1.82, 2.24) is 9.55 Å². The van der Waals surface area contributed by atoms with Crippen LogP contribution in [0.4, 0.5) is 11.4 Å². The molecule has 1 aliphatic heterocycles. The maximum atomic E-state index is 6.40. The Kier molecular flexibility index (Phi) is 8.41. The van der Waals surface area contributed by atoms with Crippen molar-refractivity contribution in [1.29, 1.82) is 0 Å². The van der Waals surface area contributed by atoms with E-state index in [-0.39, 0.29) is 26.5 Å². The maximum Gasteiger partial charge on any atom is 0.135 e. The monoisotopic (exact) mass is 804 g/mol. The van der Waals surface area contributed by atoms with E-state index in [9.17, 15) is 0 Å².